The van der Waals surface area contributed by atoms with Crippen molar-refractivity contribution in [3.05, 3.63) is 70.2 Å². The first kappa shape index (κ1) is 18.9. The number of aromatic hydroxyl groups is 1. The molecule has 0 aromatic heterocycles. The Labute approximate surface area is 165 Å². The molecule has 0 bridgehead atoms. The largest absolute Gasteiger partial charge is 0.507 e. The molecule has 0 radical (unpaired) electrons. The van der Waals surface area contributed by atoms with E-state index in [0.717, 1.165) is 20.8 Å². The van der Waals surface area contributed by atoms with Gasteiger partial charge in [-0.2, -0.15) is 5.10 Å². The van der Waals surface area contributed by atoms with Crippen molar-refractivity contribution in [2.24, 2.45) is 5.10 Å². The number of ether oxygens (including phenoxy) is 1. The second kappa shape index (κ2) is 8.68. The zero-order valence-corrected chi connectivity index (χ0v) is 16.4. The lowest BCUT2D eigenvalue weighted by atomic mass is 10.0. The first-order chi connectivity index (χ1) is 13.1. The van der Waals surface area contributed by atoms with Crippen molar-refractivity contribution in [1.82, 2.24) is 5.43 Å². The molecule has 5 nitrogen and oxygen atoms in total. The molecule has 0 atom stereocenters. The smallest absolute Gasteiger partial charge is 0.244 e. The Balaban J connectivity index is 1.70. The van der Waals surface area contributed by atoms with Crippen LogP contribution in [0, 0.1) is 0 Å². The molecule has 3 aromatic rings. The molecule has 0 spiro atoms. The molecule has 6 heteroatoms. The number of carbonyl (C=O) groups is 1. The lowest BCUT2D eigenvalue weighted by Crippen LogP contribution is -2.19. The number of benzene rings is 3. The molecular weight excluding hydrogens is 408 g/mol. The van der Waals surface area contributed by atoms with E-state index >= 15 is 0 Å². The van der Waals surface area contributed by atoms with Crippen LogP contribution in [0.2, 0.25) is 0 Å². The van der Waals surface area contributed by atoms with Crippen LogP contribution in [0.4, 0.5) is 0 Å². The van der Waals surface area contributed by atoms with E-state index in [1.165, 1.54) is 12.3 Å². The topological polar surface area (TPSA) is 70.9 Å². The van der Waals surface area contributed by atoms with E-state index in [2.05, 4.69) is 26.5 Å². The van der Waals surface area contributed by atoms with Crippen LogP contribution in [-0.2, 0) is 11.2 Å². The van der Waals surface area contributed by atoms with Crippen molar-refractivity contribution in [2.75, 3.05) is 6.61 Å². The Hall–Kier alpha value is -2.86. The number of amides is 1. The van der Waals surface area contributed by atoms with Crippen LogP contribution in [0.3, 0.4) is 0 Å². The number of hydrazone groups is 1. The molecule has 0 heterocycles. The first-order valence-corrected chi connectivity index (χ1v) is 9.31. The predicted molar refractivity (Wildman–Crippen MR) is 110 cm³/mol. The summed E-state index contributed by atoms with van der Waals surface area (Å²) in [5.41, 5.74) is 3.89. The van der Waals surface area contributed by atoms with Crippen molar-refractivity contribution in [3.63, 3.8) is 0 Å². The third-order valence-corrected chi connectivity index (χ3v) is 4.71. The molecule has 0 unspecified atom stereocenters. The molecule has 0 saturated heterocycles. The van der Waals surface area contributed by atoms with Gasteiger partial charge in [0.25, 0.3) is 0 Å². The maximum Gasteiger partial charge on any atom is 0.244 e. The molecule has 138 valence electrons. The molecule has 0 aliphatic heterocycles. The van der Waals surface area contributed by atoms with Gasteiger partial charge in [0.1, 0.15) is 11.5 Å². The van der Waals surface area contributed by atoms with Gasteiger partial charge in [0, 0.05) is 10.0 Å². The van der Waals surface area contributed by atoms with E-state index in [1.54, 1.807) is 12.1 Å². The highest BCUT2D eigenvalue weighted by atomic mass is 79.9. The normalized spacial score (nSPS) is 11.0. The fourth-order valence-corrected chi connectivity index (χ4v) is 3.24. The Morgan fingerprint density at radius 3 is 2.74 bits per heavy atom. The van der Waals surface area contributed by atoms with Crippen molar-refractivity contribution >= 4 is 38.8 Å². The van der Waals surface area contributed by atoms with Gasteiger partial charge in [0.05, 0.1) is 19.2 Å². The second-order valence-corrected chi connectivity index (χ2v) is 6.73. The van der Waals surface area contributed by atoms with Gasteiger partial charge in [0.15, 0.2) is 0 Å². The van der Waals surface area contributed by atoms with E-state index in [1.807, 2.05) is 43.3 Å². The van der Waals surface area contributed by atoms with Gasteiger partial charge >= 0.3 is 0 Å². The van der Waals surface area contributed by atoms with Crippen LogP contribution >= 0.6 is 15.9 Å². The minimum absolute atomic E-state index is 0.0651. The van der Waals surface area contributed by atoms with Gasteiger partial charge in [-0.1, -0.05) is 46.3 Å². The fourth-order valence-electron chi connectivity index (χ4n) is 2.76. The number of hydrogen-bond donors (Lipinski definition) is 2. The first-order valence-electron chi connectivity index (χ1n) is 8.52. The summed E-state index contributed by atoms with van der Waals surface area (Å²) in [4.78, 5) is 12.3. The Morgan fingerprint density at radius 2 is 1.96 bits per heavy atom. The SMILES string of the molecule is CCOc1ccc(O)c(/C=N/NC(=O)Cc2ccc(Br)c3ccccc23)c1. The molecule has 0 saturated carbocycles. The number of phenolic OH excluding ortho intramolecular Hbond substituents is 1. The summed E-state index contributed by atoms with van der Waals surface area (Å²) >= 11 is 3.53. The number of halogens is 1. The third kappa shape index (κ3) is 4.65. The minimum Gasteiger partial charge on any atom is -0.507 e. The number of nitrogens with one attached hydrogen (secondary N) is 1. The van der Waals surface area contributed by atoms with E-state index in [9.17, 15) is 9.90 Å². The fraction of sp³-hybridized carbons (Fsp3) is 0.143. The lowest BCUT2D eigenvalue weighted by molar-refractivity contribution is -0.120. The summed E-state index contributed by atoms with van der Waals surface area (Å²) in [5.74, 6) is 0.457. The highest BCUT2D eigenvalue weighted by molar-refractivity contribution is 9.10. The van der Waals surface area contributed by atoms with Crippen LogP contribution in [0.15, 0.2) is 64.2 Å². The average Bonchev–Trinajstić information content (AvgIpc) is 2.67. The standard InChI is InChI=1S/C21H19BrN2O3/c1-2-27-16-8-10-20(25)15(11-16)13-23-24-21(26)12-14-7-9-19(22)18-6-4-3-5-17(14)18/h3-11,13,25H,2,12H2,1H3,(H,24,26)/b23-13+. The summed E-state index contributed by atoms with van der Waals surface area (Å²) in [6, 6.07) is 16.6. The molecule has 1 amide bonds. The quantitative estimate of drug-likeness (QED) is 0.453. The predicted octanol–water partition coefficient (Wildman–Crippen LogP) is 4.40. The molecule has 3 rings (SSSR count). The van der Waals surface area contributed by atoms with E-state index in [-0.39, 0.29) is 18.1 Å². The summed E-state index contributed by atoms with van der Waals surface area (Å²) in [7, 11) is 0. The molecule has 2 N–H and O–H groups in total. The molecule has 0 aliphatic rings. The number of hydrogen-bond acceptors (Lipinski definition) is 4. The van der Waals surface area contributed by atoms with Crippen molar-refractivity contribution in [3.8, 4) is 11.5 Å². The number of nitrogens with zero attached hydrogens (tertiary/aromatic N) is 1. The average molecular weight is 427 g/mol. The zero-order valence-electron chi connectivity index (χ0n) is 14.8. The van der Waals surface area contributed by atoms with Gasteiger partial charge in [-0.3, -0.25) is 4.79 Å². The second-order valence-electron chi connectivity index (χ2n) is 5.88. The number of fused-ring (bicyclic) bond motifs is 1. The zero-order chi connectivity index (χ0) is 19.2. The molecule has 27 heavy (non-hydrogen) atoms. The van der Waals surface area contributed by atoms with Crippen molar-refractivity contribution in [1.29, 1.82) is 0 Å². The monoisotopic (exact) mass is 426 g/mol. The Bertz CT molecular complexity index is 1000. The summed E-state index contributed by atoms with van der Waals surface area (Å²) in [6.07, 6.45) is 1.60. The maximum atomic E-state index is 12.3. The summed E-state index contributed by atoms with van der Waals surface area (Å²) in [6.45, 7) is 2.41. The van der Waals surface area contributed by atoms with Crippen LogP contribution in [-0.4, -0.2) is 23.8 Å². The third-order valence-electron chi connectivity index (χ3n) is 4.02. The number of phenols is 1. The van der Waals surface area contributed by atoms with Gasteiger partial charge in [0.2, 0.25) is 5.91 Å². The van der Waals surface area contributed by atoms with Gasteiger partial charge in [-0.05, 0) is 47.5 Å². The summed E-state index contributed by atoms with van der Waals surface area (Å²) < 4.78 is 6.39. The Morgan fingerprint density at radius 1 is 1.19 bits per heavy atom. The van der Waals surface area contributed by atoms with Crippen LogP contribution in [0.25, 0.3) is 10.8 Å². The summed E-state index contributed by atoms with van der Waals surface area (Å²) in [5, 5.41) is 15.9. The van der Waals surface area contributed by atoms with Crippen molar-refractivity contribution < 1.29 is 14.6 Å². The van der Waals surface area contributed by atoms with E-state index in [0.29, 0.717) is 17.9 Å². The lowest BCUT2D eigenvalue weighted by Gasteiger charge is -2.08. The highest BCUT2D eigenvalue weighted by Gasteiger charge is 2.08. The van der Waals surface area contributed by atoms with Gasteiger partial charge in [-0.15, -0.1) is 0 Å². The van der Waals surface area contributed by atoms with Crippen LogP contribution in [0.1, 0.15) is 18.1 Å². The molecular formula is C21H19BrN2O3. The van der Waals surface area contributed by atoms with Crippen LogP contribution in [0.5, 0.6) is 11.5 Å². The van der Waals surface area contributed by atoms with Gasteiger partial charge in [-0.25, -0.2) is 5.43 Å². The molecule has 0 aliphatic carbocycles. The number of rotatable bonds is 6. The van der Waals surface area contributed by atoms with Crippen molar-refractivity contribution in [2.45, 2.75) is 13.3 Å². The maximum absolute atomic E-state index is 12.3. The highest BCUT2D eigenvalue weighted by Crippen LogP contribution is 2.27. The molecule has 3 aromatic carbocycles. The van der Waals surface area contributed by atoms with Gasteiger partial charge < -0.3 is 9.84 Å². The Kier molecular flexibility index (Phi) is 6.08. The minimum atomic E-state index is -0.237. The molecule has 0 fully saturated rings. The van der Waals surface area contributed by atoms with E-state index < -0.39 is 0 Å². The number of carbonyl (C=O) groups excluding carboxylic acids is 1. The van der Waals surface area contributed by atoms with E-state index in [4.69, 9.17) is 4.74 Å². The van der Waals surface area contributed by atoms with Crippen LogP contribution < -0.4 is 10.2 Å².